The van der Waals surface area contributed by atoms with Crippen LogP contribution in [0.25, 0.3) is 0 Å². The van der Waals surface area contributed by atoms with Gasteiger partial charge >= 0.3 is 0 Å². The molecule has 0 radical (unpaired) electrons. The standard InChI is InChI=1S/C17H35N3O/c1-12-9-20(11-14(12)19(7)8)10-13-15(18-6)17(4,5)21-16(13,2)3/h12-15,18H,9-11H2,1-8H3. The first kappa shape index (κ1) is 17.2. The van der Waals surface area contributed by atoms with E-state index in [0.29, 0.717) is 18.0 Å². The normalized spacial score (nSPS) is 39.3. The summed E-state index contributed by atoms with van der Waals surface area (Å²) in [5.74, 6) is 1.26. The molecule has 2 aliphatic rings. The Labute approximate surface area is 131 Å². The summed E-state index contributed by atoms with van der Waals surface area (Å²) < 4.78 is 6.36. The van der Waals surface area contributed by atoms with E-state index in [1.165, 1.54) is 13.1 Å². The monoisotopic (exact) mass is 297 g/mol. The Bertz CT molecular complexity index is 367. The number of hydrogen-bond acceptors (Lipinski definition) is 4. The second-order valence-electron chi connectivity index (χ2n) is 8.41. The minimum atomic E-state index is -0.102. The number of nitrogens with one attached hydrogen (secondary N) is 1. The molecule has 2 heterocycles. The molecule has 2 saturated heterocycles. The summed E-state index contributed by atoms with van der Waals surface area (Å²) >= 11 is 0. The summed E-state index contributed by atoms with van der Waals surface area (Å²) in [4.78, 5) is 5.01. The van der Waals surface area contributed by atoms with Crippen LogP contribution in [0.15, 0.2) is 0 Å². The fraction of sp³-hybridized carbons (Fsp3) is 1.00. The third-order valence-corrected chi connectivity index (χ3v) is 5.65. The Morgan fingerprint density at radius 2 is 1.76 bits per heavy atom. The molecule has 0 aliphatic carbocycles. The molecule has 0 aromatic rings. The molecule has 2 aliphatic heterocycles. The Hall–Kier alpha value is -0.160. The lowest BCUT2D eigenvalue weighted by Crippen LogP contribution is -2.49. The van der Waals surface area contributed by atoms with Gasteiger partial charge in [-0.2, -0.15) is 0 Å². The van der Waals surface area contributed by atoms with E-state index >= 15 is 0 Å². The van der Waals surface area contributed by atoms with Crippen LogP contribution in [-0.4, -0.2) is 73.9 Å². The fourth-order valence-corrected chi connectivity index (χ4v) is 4.72. The van der Waals surface area contributed by atoms with Crippen molar-refractivity contribution in [3.8, 4) is 0 Å². The van der Waals surface area contributed by atoms with Gasteiger partial charge in [0.1, 0.15) is 0 Å². The van der Waals surface area contributed by atoms with Gasteiger partial charge in [0.05, 0.1) is 11.2 Å². The largest absolute Gasteiger partial charge is 0.368 e. The molecule has 1 N–H and O–H groups in total. The average Bonchev–Trinajstić information content (AvgIpc) is 2.75. The van der Waals surface area contributed by atoms with E-state index in [0.717, 1.165) is 12.5 Å². The minimum absolute atomic E-state index is 0.0728. The minimum Gasteiger partial charge on any atom is -0.368 e. The van der Waals surface area contributed by atoms with Crippen molar-refractivity contribution in [3.05, 3.63) is 0 Å². The van der Waals surface area contributed by atoms with Crippen molar-refractivity contribution in [1.29, 1.82) is 0 Å². The van der Waals surface area contributed by atoms with Crippen LogP contribution < -0.4 is 5.32 Å². The zero-order chi connectivity index (χ0) is 16.0. The summed E-state index contributed by atoms with van der Waals surface area (Å²) in [5, 5.41) is 3.52. The van der Waals surface area contributed by atoms with Crippen LogP contribution in [0.1, 0.15) is 34.6 Å². The molecule has 21 heavy (non-hydrogen) atoms. The van der Waals surface area contributed by atoms with Crippen molar-refractivity contribution in [2.75, 3.05) is 40.8 Å². The van der Waals surface area contributed by atoms with Crippen molar-refractivity contribution < 1.29 is 4.74 Å². The van der Waals surface area contributed by atoms with Gasteiger partial charge in [-0.25, -0.2) is 0 Å². The highest BCUT2D eigenvalue weighted by Gasteiger charge is 2.53. The first-order chi connectivity index (χ1) is 9.58. The number of ether oxygens (including phenoxy) is 1. The molecule has 2 fully saturated rings. The molecule has 0 saturated carbocycles. The van der Waals surface area contributed by atoms with Crippen LogP contribution in [0.5, 0.6) is 0 Å². The van der Waals surface area contributed by atoms with Gasteiger partial charge in [0, 0.05) is 37.6 Å². The van der Waals surface area contributed by atoms with Crippen molar-refractivity contribution in [2.45, 2.75) is 57.9 Å². The Balaban J connectivity index is 2.08. The van der Waals surface area contributed by atoms with Crippen molar-refractivity contribution in [3.63, 3.8) is 0 Å². The molecule has 4 unspecified atom stereocenters. The van der Waals surface area contributed by atoms with E-state index in [9.17, 15) is 0 Å². The molecule has 0 spiro atoms. The van der Waals surface area contributed by atoms with Gasteiger partial charge in [-0.1, -0.05) is 6.92 Å². The zero-order valence-electron chi connectivity index (χ0n) is 15.2. The van der Waals surface area contributed by atoms with Gasteiger partial charge < -0.3 is 19.9 Å². The van der Waals surface area contributed by atoms with Crippen LogP contribution in [-0.2, 0) is 4.74 Å². The molecule has 0 bridgehead atoms. The molecule has 0 aromatic carbocycles. The summed E-state index contributed by atoms with van der Waals surface area (Å²) in [6, 6.07) is 1.08. The van der Waals surface area contributed by atoms with Crippen molar-refractivity contribution in [2.24, 2.45) is 11.8 Å². The third kappa shape index (κ3) is 3.29. The molecule has 0 amide bonds. The van der Waals surface area contributed by atoms with Gasteiger partial charge in [0.25, 0.3) is 0 Å². The maximum atomic E-state index is 6.36. The topological polar surface area (TPSA) is 27.7 Å². The highest BCUT2D eigenvalue weighted by molar-refractivity contribution is 5.06. The van der Waals surface area contributed by atoms with E-state index in [-0.39, 0.29) is 11.2 Å². The predicted molar refractivity (Wildman–Crippen MR) is 88.7 cm³/mol. The molecular formula is C17H35N3O. The highest BCUT2D eigenvalue weighted by Crippen LogP contribution is 2.43. The Kier molecular flexibility index (Phi) is 4.75. The molecule has 124 valence electrons. The Morgan fingerprint density at radius 3 is 2.24 bits per heavy atom. The van der Waals surface area contributed by atoms with Crippen LogP contribution >= 0.6 is 0 Å². The molecule has 4 nitrogen and oxygen atoms in total. The third-order valence-electron chi connectivity index (χ3n) is 5.65. The molecule has 2 rings (SSSR count). The average molecular weight is 297 g/mol. The molecule has 4 atom stereocenters. The molecule has 0 aromatic heterocycles. The summed E-state index contributed by atoms with van der Waals surface area (Å²) in [5.41, 5.74) is -0.175. The van der Waals surface area contributed by atoms with E-state index in [4.69, 9.17) is 4.74 Å². The number of nitrogens with zero attached hydrogens (tertiary/aromatic N) is 2. The van der Waals surface area contributed by atoms with Crippen molar-refractivity contribution >= 4 is 0 Å². The second kappa shape index (κ2) is 5.80. The molecular weight excluding hydrogens is 262 g/mol. The smallest absolute Gasteiger partial charge is 0.0790 e. The first-order valence-electron chi connectivity index (χ1n) is 8.34. The maximum absolute atomic E-state index is 6.36. The van der Waals surface area contributed by atoms with E-state index < -0.39 is 0 Å². The lowest BCUT2D eigenvalue weighted by Gasteiger charge is -2.33. The number of likely N-dealkylation sites (tertiary alicyclic amines) is 1. The summed E-state index contributed by atoms with van der Waals surface area (Å²) in [6.07, 6.45) is 0. The van der Waals surface area contributed by atoms with Crippen LogP contribution in [0.3, 0.4) is 0 Å². The van der Waals surface area contributed by atoms with E-state index in [1.807, 2.05) is 0 Å². The predicted octanol–water partition coefficient (Wildman–Crippen LogP) is 1.66. The van der Waals surface area contributed by atoms with E-state index in [2.05, 4.69) is 70.9 Å². The zero-order valence-corrected chi connectivity index (χ0v) is 15.2. The Morgan fingerprint density at radius 1 is 1.14 bits per heavy atom. The first-order valence-corrected chi connectivity index (χ1v) is 8.34. The SMILES string of the molecule is CNC1C(CN2CC(C)C(N(C)C)C2)C(C)(C)OC1(C)C. The number of rotatable bonds is 4. The van der Waals surface area contributed by atoms with Gasteiger partial charge in [0.2, 0.25) is 0 Å². The fourth-order valence-electron chi connectivity index (χ4n) is 4.72. The van der Waals surface area contributed by atoms with Gasteiger partial charge in [-0.05, 0) is 54.8 Å². The van der Waals surface area contributed by atoms with Crippen LogP contribution in [0, 0.1) is 11.8 Å². The van der Waals surface area contributed by atoms with Gasteiger partial charge in [-0.15, -0.1) is 0 Å². The lowest BCUT2D eigenvalue weighted by atomic mass is 9.82. The molecule has 4 heteroatoms. The lowest BCUT2D eigenvalue weighted by molar-refractivity contribution is -0.0791. The summed E-state index contributed by atoms with van der Waals surface area (Å²) in [7, 11) is 6.47. The van der Waals surface area contributed by atoms with Crippen LogP contribution in [0.2, 0.25) is 0 Å². The van der Waals surface area contributed by atoms with E-state index in [1.54, 1.807) is 0 Å². The maximum Gasteiger partial charge on any atom is 0.0790 e. The van der Waals surface area contributed by atoms with Gasteiger partial charge in [-0.3, -0.25) is 0 Å². The quantitative estimate of drug-likeness (QED) is 0.854. The number of hydrogen-bond donors (Lipinski definition) is 1. The second-order valence-corrected chi connectivity index (χ2v) is 8.41. The van der Waals surface area contributed by atoms with Gasteiger partial charge in [0.15, 0.2) is 0 Å². The van der Waals surface area contributed by atoms with Crippen molar-refractivity contribution in [1.82, 2.24) is 15.1 Å². The van der Waals surface area contributed by atoms with Crippen LogP contribution in [0.4, 0.5) is 0 Å². The number of likely N-dealkylation sites (N-methyl/N-ethyl adjacent to an activating group) is 2. The summed E-state index contributed by atoms with van der Waals surface area (Å²) in [6.45, 7) is 14.8. The highest BCUT2D eigenvalue weighted by atomic mass is 16.5.